The fourth-order valence-corrected chi connectivity index (χ4v) is 1.12. The fraction of sp³-hybridized carbons (Fsp3) is 0.500. The molecule has 0 aliphatic rings. The number of halogens is 2. The van der Waals surface area contributed by atoms with Gasteiger partial charge in [0.1, 0.15) is 11.6 Å². The third-order valence-electron chi connectivity index (χ3n) is 1.80. The molecule has 0 bridgehead atoms. The van der Waals surface area contributed by atoms with Crippen LogP contribution in [0.1, 0.15) is 26.3 Å². The molecule has 0 heterocycles. The second-order valence-electron chi connectivity index (χ2n) is 4.79. The summed E-state index contributed by atoms with van der Waals surface area (Å²) >= 11 is 0. The molecule has 0 spiro atoms. The topological polar surface area (TPSA) is 9.23 Å². The van der Waals surface area contributed by atoms with Crippen molar-refractivity contribution in [3.05, 3.63) is 35.4 Å². The van der Waals surface area contributed by atoms with Crippen LogP contribution in [0.5, 0.6) is 0 Å². The summed E-state index contributed by atoms with van der Waals surface area (Å²) in [5.41, 5.74) is 0.295. The molecule has 0 atom stereocenters. The van der Waals surface area contributed by atoms with E-state index in [0.717, 1.165) is 18.2 Å². The van der Waals surface area contributed by atoms with Crippen LogP contribution in [0.2, 0.25) is 0 Å². The molecule has 0 aliphatic heterocycles. The maximum atomic E-state index is 13.1. The summed E-state index contributed by atoms with van der Waals surface area (Å²) in [5.74, 6) is -0.865. The van der Waals surface area contributed by atoms with Crippen LogP contribution >= 0.6 is 0 Å². The SMILES string of the molecule is CC(C)(C)COCc1cc(F)ccc1F. The van der Waals surface area contributed by atoms with Crippen LogP contribution in [0.25, 0.3) is 0 Å². The average Bonchev–Trinajstić information content (AvgIpc) is 2.09. The van der Waals surface area contributed by atoms with Gasteiger partial charge in [-0.3, -0.25) is 0 Å². The van der Waals surface area contributed by atoms with Gasteiger partial charge in [0.05, 0.1) is 13.2 Å². The molecular weight excluding hydrogens is 198 g/mol. The highest BCUT2D eigenvalue weighted by Gasteiger charge is 2.11. The molecule has 1 aromatic rings. The minimum absolute atomic E-state index is 0.0315. The number of ether oxygens (including phenoxy) is 1. The third-order valence-corrected chi connectivity index (χ3v) is 1.80. The summed E-state index contributed by atoms with van der Waals surface area (Å²) in [4.78, 5) is 0. The van der Waals surface area contributed by atoms with E-state index in [1.165, 1.54) is 0 Å². The molecule has 3 heteroatoms. The molecular formula is C12H16F2O. The molecule has 0 saturated carbocycles. The Morgan fingerprint density at radius 1 is 1.20 bits per heavy atom. The molecule has 0 N–H and O–H groups in total. The van der Waals surface area contributed by atoms with E-state index in [4.69, 9.17) is 4.74 Å². The van der Waals surface area contributed by atoms with Gasteiger partial charge >= 0.3 is 0 Å². The molecule has 0 aliphatic carbocycles. The van der Waals surface area contributed by atoms with Crippen molar-refractivity contribution in [2.75, 3.05) is 6.61 Å². The summed E-state index contributed by atoms with van der Waals surface area (Å²) in [6, 6.07) is 3.38. The van der Waals surface area contributed by atoms with E-state index in [0.29, 0.717) is 6.61 Å². The third kappa shape index (κ3) is 4.38. The van der Waals surface area contributed by atoms with E-state index >= 15 is 0 Å². The predicted molar refractivity (Wildman–Crippen MR) is 55.5 cm³/mol. The van der Waals surface area contributed by atoms with Crippen LogP contribution in [0.4, 0.5) is 8.78 Å². The van der Waals surface area contributed by atoms with Crippen LogP contribution in [-0.2, 0) is 11.3 Å². The van der Waals surface area contributed by atoms with Gasteiger partial charge in [-0.05, 0) is 23.6 Å². The molecule has 84 valence electrons. The molecule has 0 aromatic heterocycles. The molecule has 0 unspecified atom stereocenters. The van der Waals surface area contributed by atoms with E-state index in [1.807, 2.05) is 20.8 Å². The van der Waals surface area contributed by atoms with Gasteiger partial charge in [0.2, 0.25) is 0 Å². The average molecular weight is 214 g/mol. The van der Waals surface area contributed by atoms with Gasteiger partial charge in [0.25, 0.3) is 0 Å². The quantitative estimate of drug-likeness (QED) is 0.748. The Bertz CT molecular complexity index is 329. The smallest absolute Gasteiger partial charge is 0.128 e. The van der Waals surface area contributed by atoms with Crippen LogP contribution in [0.3, 0.4) is 0 Å². The van der Waals surface area contributed by atoms with Gasteiger partial charge in [-0.15, -0.1) is 0 Å². The molecule has 1 rings (SSSR count). The minimum Gasteiger partial charge on any atom is -0.376 e. The Labute approximate surface area is 89.1 Å². The zero-order chi connectivity index (χ0) is 11.5. The highest BCUT2D eigenvalue weighted by atomic mass is 19.1. The van der Waals surface area contributed by atoms with Crippen LogP contribution in [-0.4, -0.2) is 6.61 Å². The van der Waals surface area contributed by atoms with Crippen molar-refractivity contribution in [1.82, 2.24) is 0 Å². The van der Waals surface area contributed by atoms with Crippen molar-refractivity contribution >= 4 is 0 Å². The molecule has 0 fully saturated rings. The van der Waals surface area contributed by atoms with Gasteiger partial charge in [-0.1, -0.05) is 20.8 Å². The fourth-order valence-electron chi connectivity index (χ4n) is 1.12. The molecule has 0 radical (unpaired) electrons. The van der Waals surface area contributed by atoms with Crippen LogP contribution in [0.15, 0.2) is 18.2 Å². The molecule has 0 amide bonds. The zero-order valence-corrected chi connectivity index (χ0v) is 9.31. The van der Waals surface area contributed by atoms with Crippen molar-refractivity contribution in [3.63, 3.8) is 0 Å². The second-order valence-corrected chi connectivity index (χ2v) is 4.79. The first-order valence-corrected chi connectivity index (χ1v) is 4.90. The van der Waals surface area contributed by atoms with Gasteiger partial charge < -0.3 is 4.74 Å². The summed E-state index contributed by atoms with van der Waals surface area (Å²) in [6.45, 7) is 6.70. The normalized spacial score (nSPS) is 11.8. The first-order valence-electron chi connectivity index (χ1n) is 4.90. The van der Waals surface area contributed by atoms with Crippen molar-refractivity contribution < 1.29 is 13.5 Å². The van der Waals surface area contributed by atoms with E-state index in [2.05, 4.69) is 0 Å². The lowest BCUT2D eigenvalue weighted by molar-refractivity contribution is 0.0582. The monoisotopic (exact) mass is 214 g/mol. The molecule has 15 heavy (non-hydrogen) atoms. The highest BCUT2D eigenvalue weighted by Crippen LogP contribution is 2.16. The van der Waals surface area contributed by atoms with Gasteiger partial charge in [-0.25, -0.2) is 8.78 Å². The van der Waals surface area contributed by atoms with Crippen molar-refractivity contribution in [1.29, 1.82) is 0 Å². The largest absolute Gasteiger partial charge is 0.376 e. The van der Waals surface area contributed by atoms with Crippen molar-refractivity contribution in [2.45, 2.75) is 27.4 Å². The number of hydrogen-bond donors (Lipinski definition) is 0. The van der Waals surface area contributed by atoms with Crippen LogP contribution in [0, 0.1) is 17.0 Å². The van der Waals surface area contributed by atoms with Gasteiger partial charge in [0, 0.05) is 5.56 Å². The van der Waals surface area contributed by atoms with E-state index in [-0.39, 0.29) is 17.6 Å². The number of hydrogen-bond acceptors (Lipinski definition) is 1. The summed E-state index contributed by atoms with van der Waals surface area (Å²) < 4.78 is 31.2. The minimum atomic E-state index is -0.439. The standard InChI is InChI=1S/C12H16F2O/c1-12(2,3)8-15-7-9-6-10(13)4-5-11(9)14/h4-6H,7-8H2,1-3H3. The summed E-state index contributed by atoms with van der Waals surface area (Å²) in [6.07, 6.45) is 0. The highest BCUT2D eigenvalue weighted by molar-refractivity contribution is 5.17. The lowest BCUT2D eigenvalue weighted by atomic mass is 9.99. The Balaban J connectivity index is 2.54. The molecule has 0 saturated heterocycles. The Morgan fingerprint density at radius 3 is 2.47 bits per heavy atom. The molecule has 1 aromatic carbocycles. The predicted octanol–water partition coefficient (Wildman–Crippen LogP) is 3.53. The van der Waals surface area contributed by atoms with Crippen LogP contribution < -0.4 is 0 Å². The molecule has 1 nitrogen and oxygen atoms in total. The van der Waals surface area contributed by atoms with E-state index < -0.39 is 11.6 Å². The maximum Gasteiger partial charge on any atom is 0.128 e. The Kier molecular flexibility index (Phi) is 3.80. The first kappa shape index (κ1) is 12.1. The first-order chi connectivity index (χ1) is 6.88. The van der Waals surface area contributed by atoms with Crippen molar-refractivity contribution in [2.24, 2.45) is 5.41 Å². The van der Waals surface area contributed by atoms with Gasteiger partial charge in [-0.2, -0.15) is 0 Å². The zero-order valence-electron chi connectivity index (χ0n) is 9.31. The maximum absolute atomic E-state index is 13.1. The lowest BCUT2D eigenvalue weighted by Gasteiger charge is -2.18. The lowest BCUT2D eigenvalue weighted by Crippen LogP contribution is -2.14. The summed E-state index contributed by atoms with van der Waals surface area (Å²) in [7, 11) is 0. The number of benzene rings is 1. The Morgan fingerprint density at radius 2 is 1.87 bits per heavy atom. The summed E-state index contributed by atoms with van der Waals surface area (Å²) in [5, 5.41) is 0. The van der Waals surface area contributed by atoms with Gasteiger partial charge in [0.15, 0.2) is 0 Å². The Hall–Kier alpha value is -0.960. The number of rotatable bonds is 3. The van der Waals surface area contributed by atoms with E-state index in [1.54, 1.807) is 0 Å². The van der Waals surface area contributed by atoms with E-state index in [9.17, 15) is 8.78 Å². The van der Waals surface area contributed by atoms with Crippen molar-refractivity contribution in [3.8, 4) is 0 Å². The second kappa shape index (κ2) is 4.71.